The van der Waals surface area contributed by atoms with E-state index in [1.807, 2.05) is 33.1 Å². The van der Waals surface area contributed by atoms with Crippen molar-refractivity contribution in [3.8, 4) is 11.5 Å². The van der Waals surface area contributed by atoms with Crippen LogP contribution in [-0.2, 0) is 6.54 Å². The molecule has 7 nitrogen and oxygen atoms in total. The maximum atomic E-state index is 13.2. The van der Waals surface area contributed by atoms with Gasteiger partial charge >= 0.3 is 0 Å². The van der Waals surface area contributed by atoms with Crippen LogP contribution in [-0.4, -0.2) is 47.5 Å². The average molecular weight is 546 g/mol. The molecule has 2 N–H and O–H groups in total. The van der Waals surface area contributed by atoms with Gasteiger partial charge in [0.2, 0.25) is 0 Å². The zero-order valence-electron chi connectivity index (χ0n) is 22.0. The SMILES string of the molecule is CSc1cc(C)[nH]c(=O)c1CNC(=O)c1cc(Cl)c2c(c1C)OC(C)(C1CCN(CC3CCC3)CC1)O2. The van der Waals surface area contributed by atoms with Crippen molar-refractivity contribution in [2.45, 2.75) is 70.1 Å². The number of piperidine rings is 1. The highest BCUT2D eigenvalue weighted by atomic mass is 35.5. The van der Waals surface area contributed by atoms with E-state index in [9.17, 15) is 9.59 Å². The Bertz CT molecular complexity index is 1250. The first-order valence-electron chi connectivity index (χ1n) is 13.2. The molecule has 9 heteroatoms. The Labute approximate surface area is 227 Å². The van der Waals surface area contributed by atoms with Gasteiger partial charge in [-0.05, 0) is 76.9 Å². The van der Waals surface area contributed by atoms with Crippen LogP contribution in [0.5, 0.6) is 11.5 Å². The van der Waals surface area contributed by atoms with E-state index in [0.717, 1.165) is 42.4 Å². The summed E-state index contributed by atoms with van der Waals surface area (Å²) >= 11 is 8.10. The number of benzene rings is 1. The van der Waals surface area contributed by atoms with Gasteiger partial charge in [0.25, 0.3) is 17.3 Å². The van der Waals surface area contributed by atoms with Crippen molar-refractivity contribution < 1.29 is 14.3 Å². The molecule has 1 atom stereocenters. The van der Waals surface area contributed by atoms with Crippen molar-refractivity contribution in [2.75, 3.05) is 25.9 Å². The molecule has 1 saturated carbocycles. The van der Waals surface area contributed by atoms with Crippen molar-refractivity contribution in [1.29, 1.82) is 0 Å². The Morgan fingerprint density at radius 2 is 1.89 bits per heavy atom. The highest BCUT2D eigenvalue weighted by Gasteiger charge is 2.47. The first-order valence-corrected chi connectivity index (χ1v) is 14.8. The lowest BCUT2D eigenvalue weighted by Crippen LogP contribution is -2.49. The number of ether oxygens (including phenoxy) is 2. The highest BCUT2D eigenvalue weighted by Crippen LogP contribution is 2.51. The number of pyridine rings is 1. The van der Waals surface area contributed by atoms with Crippen molar-refractivity contribution in [3.63, 3.8) is 0 Å². The minimum absolute atomic E-state index is 0.118. The Balaban J connectivity index is 1.28. The molecular formula is C28H36ClN3O4S. The molecule has 37 heavy (non-hydrogen) atoms. The Morgan fingerprint density at radius 1 is 1.19 bits per heavy atom. The molecule has 2 aliphatic heterocycles. The lowest BCUT2D eigenvalue weighted by atomic mass is 9.83. The van der Waals surface area contributed by atoms with Crippen molar-refractivity contribution in [2.24, 2.45) is 11.8 Å². The van der Waals surface area contributed by atoms with Gasteiger partial charge < -0.3 is 24.7 Å². The fourth-order valence-corrected chi connectivity index (χ4v) is 6.67. The van der Waals surface area contributed by atoms with Gasteiger partial charge in [0, 0.05) is 53.2 Å². The van der Waals surface area contributed by atoms with Crippen molar-refractivity contribution >= 4 is 29.3 Å². The molecule has 200 valence electrons. The largest absolute Gasteiger partial charge is 0.448 e. The number of likely N-dealkylation sites (tertiary alicyclic amines) is 1. The number of aryl methyl sites for hydroxylation is 1. The van der Waals surface area contributed by atoms with Gasteiger partial charge in [0.1, 0.15) is 0 Å². The van der Waals surface area contributed by atoms with E-state index < -0.39 is 5.79 Å². The smallest absolute Gasteiger partial charge is 0.254 e. The number of nitrogens with zero attached hydrogens (tertiary/aromatic N) is 1. The number of rotatable bonds is 7. The van der Waals surface area contributed by atoms with Crippen LogP contribution in [0.15, 0.2) is 21.8 Å². The molecule has 1 aromatic carbocycles. The zero-order chi connectivity index (χ0) is 26.3. The van der Waals surface area contributed by atoms with Crippen LogP contribution in [0.3, 0.4) is 0 Å². The monoisotopic (exact) mass is 545 g/mol. The summed E-state index contributed by atoms with van der Waals surface area (Å²) in [6.07, 6.45) is 8.03. The molecule has 1 aromatic heterocycles. The number of aromatic nitrogens is 1. The second kappa shape index (κ2) is 10.5. The summed E-state index contributed by atoms with van der Waals surface area (Å²) in [7, 11) is 0. The third kappa shape index (κ3) is 5.25. The van der Waals surface area contributed by atoms with E-state index in [4.69, 9.17) is 21.1 Å². The molecule has 3 aliphatic rings. The lowest BCUT2D eigenvalue weighted by Gasteiger charge is -2.40. The molecule has 0 radical (unpaired) electrons. The number of H-pyrrole nitrogens is 1. The number of thioether (sulfide) groups is 1. The topological polar surface area (TPSA) is 83.7 Å². The number of hydrogen-bond acceptors (Lipinski definition) is 6. The quantitative estimate of drug-likeness (QED) is 0.460. The van der Waals surface area contributed by atoms with Crippen LogP contribution in [0.25, 0.3) is 0 Å². The van der Waals surface area contributed by atoms with Gasteiger partial charge in [-0.2, -0.15) is 0 Å². The fourth-order valence-electron chi connectivity index (χ4n) is 5.73. The lowest BCUT2D eigenvalue weighted by molar-refractivity contribution is -0.125. The summed E-state index contributed by atoms with van der Waals surface area (Å²) < 4.78 is 12.8. The maximum Gasteiger partial charge on any atom is 0.254 e. The van der Waals surface area contributed by atoms with Crippen LogP contribution < -0.4 is 20.3 Å². The van der Waals surface area contributed by atoms with Crippen LogP contribution in [0.1, 0.15) is 66.2 Å². The van der Waals surface area contributed by atoms with Crippen molar-refractivity contribution in [3.05, 3.63) is 49.9 Å². The van der Waals surface area contributed by atoms with Gasteiger partial charge in [-0.25, -0.2) is 0 Å². The molecule has 1 unspecified atom stereocenters. The second-order valence-electron chi connectivity index (χ2n) is 10.8. The van der Waals surface area contributed by atoms with Crippen molar-refractivity contribution in [1.82, 2.24) is 15.2 Å². The zero-order valence-corrected chi connectivity index (χ0v) is 23.6. The average Bonchev–Trinajstić information content (AvgIpc) is 3.22. The Morgan fingerprint density at radius 3 is 2.54 bits per heavy atom. The number of carbonyl (C=O) groups is 1. The number of hydrogen-bond donors (Lipinski definition) is 2. The predicted molar refractivity (Wildman–Crippen MR) is 147 cm³/mol. The summed E-state index contributed by atoms with van der Waals surface area (Å²) in [6.45, 7) is 9.12. The van der Waals surface area contributed by atoms with E-state index in [2.05, 4.69) is 15.2 Å². The van der Waals surface area contributed by atoms with Gasteiger partial charge in [-0.1, -0.05) is 18.0 Å². The molecule has 1 saturated heterocycles. The van der Waals surface area contributed by atoms with Crippen LogP contribution in [0, 0.1) is 25.7 Å². The molecule has 3 heterocycles. The van der Waals surface area contributed by atoms with Gasteiger partial charge in [-0.15, -0.1) is 11.8 Å². The number of carbonyl (C=O) groups excluding carboxylic acids is 1. The summed E-state index contributed by atoms with van der Waals surface area (Å²) in [5, 5.41) is 3.25. The minimum atomic E-state index is -0.809. The predicted octanol–water partition coefficient (Wildman–Crippen LogP) is 5.30. The number of amides is 1. The van der Waals surface area contributed by atoms with E-state index in [1.165, 1.54) is 37.6 Å². The number of halogens is 1. The highest BCUT2D eigenvalue weighted by molar-refractivity contribution is 7.98. The standard InChI is InChI=1S/C28H36ClN3O4S/c1-16-12-23(37-4)21(27(34)31-16)14-30-26(33)20-13-22(29)25-24(17(20)2)35-28(3,36-25)19-8-10-32(11-9-19)15-18-6-5-7-18/h12-13,18-19H,5-11,14-15H2,1-4H3,(H,30,33)(H,31,34). The van der Waals surface area contributed by atoms with Crippen LogP contribution in [0.2, 0.25) is 5.02 Å². The Kier molecular flexibility index (Phi) is 7.53. The number of aromatic amines is 1. The molecule has 1 amide bonds. The molecular weight excluding hydrogens is 510 g/mol. The van der Waals surface area contributed by atoms with E-state index in [1.54, 1.807) is 6.07 Å². The third-order valence-electron chi connectivity index (χ3n) is 8.24. The molecule has 2 aromatic rings. The first-order chi connectivity index (χ1) is 17.7. The van der Waals surface area contributed by atoms with Gasteiger partial charge in [-0.3, -0.25) is 9.59 Å². The summed E-state index contributed by atoms with van der Waals surface area (Å²) in [5.74, 6) is 1.04. The van der Waals surface area contributed by atoms with Gasteiger partial charge in [0.15, 0.2) is 11.5 Å². The van der Waals surface area contributed by atoms with E-state index in [-0.39, 0.29) is 23.9 Å². The molecule has 5 rings (SSSR count). The molecule has 2 fully saturated rings. The number of nitrogens with one attached hydrogen (secondary N) is 2. The van der Waals surface area contributed by atoms with E-state index in [0.29, 0.717) is 33.2 Å². The minimum Gasteiger partial charge on any atom is -0.448 e. The maximum absolute atomic E-state index is 13.2. The summed E-state index contributed by atoms with van der Waals surface area (Å²) in [4.78, 5) is 31.9. The molecule has 1 aliphatic carbocycles. The van der Waals surface area contributed by atoms with Crippen LogP contribution in [0.4, 0.5) is 0 Å². The second-order valence-corrected chi connectivity index (χ2v) is 12.0. The normalized spacial score (nSPS) is 22.2. The van der Waals surface area contributed by atoms with Gasteiger partial charge in [0.05, 0.1) is 5.02 Å². The molecule has 0 spiro atoms. The number of fused-ring (bicyclic) bond motifs is 1. The third-order valence-corrected chi connectivity index (χ3v) is 9.32. The molecule has 0 bridgehead atoms. The first kappa shape index (κ1) is 26.4. The summed E-state index contributed by atoms with van der Waals surface area (Å²) in [6, 6.07) is 3.55. The van der Waals surface area contributed by atoms with E-state index >= 15 is 0 Å². The fraction of sp³-hybridized carbons (Fsp3) is 0.571. The van der Waals surface area contributed by atoms with Crippen LogP contribution >= 0.6 is 23.4 Å². The Hall–Kier alpha value is -2.16. The summed E-state index contributed by atoms with van der Waals surface area (Å²) in [5.41, 5.74) is 2.23.